The zero-order valence-electron chi connectivity index (χ0n) is 20.8. The van der Waals surface area contributed by atoms with Crippen LogP contribution in [0.15, 0.2) is 42.5 Å². The molecule has 9 heteroatoms. The highest BCUT2D eigenvalue weighted by molar-refractivity contribution is 7.92. The molecule has 1 unspecified atom stereocenters. The molecule has 2 amide bonds. The minimum absolute atomic E-state index is 0.107. The van der Waals surface area contributed by atoms with E-state index in [1.54, 1.807) is 37.3 Å². The van der Waals surface area contributed by atoms with E-state index in [0.29, 0.717) is 10.7 Å². The van der Waals surface area contributed by atoms with Crippen molar-refractivity contribution in [2.45, 2.75) is 65.1 Å². The van der Waals surface area contributed by atoms with E-state index in [2.05, 4.69) is 5.32 Å². The molecule has 0 aliphatic heterocycles. The summed E-state index contributed by atoms with van der Waals surface area (Å²) >= 11 is 6.15. The lowest BCUT2D eigenvalue weighted by atomic mass is 10.1. The van der Waals surface area contributed by atoms with Crippen molar-refractivity contribution >= 4 is 39.1 Å². The first-order chi connectivity index (χ1) is 16.4. The fourth-order valence-corrected chi connectivity index (χ4v) is 5.56. The average molecular weight is 520 g/mol. The standard InChI is InChI=1S/C26H34ClN3O4S/c1-18-12-19(2)14-24(13-18)30(35(4,33)34)17-25(31)29(16-21-8-7-9-22(27)15-21)20(3)26(32)28-23-10-5-6-11-23/h7-9,12-15,20,23H,5-6,10-11,16-17H2,1-4H3,(H,28,32). The van der Waals surface area contributed by atoms with Gasteiger partial charge in [-0.1, -0.05) is 42.6 Å². The van der Waals surface area contributed by atoms with E-state index in [1.807, 2.05) is 26.0 Å². The van der Waals surface area contributed by atoms with Gasteiger partial charge in [0.25, 0.3) is 0 Å². The fourth-order valence-electron chi connectivity index (χ4n) is 4.51. The summed E-state index contributed by atoms with van der Waals surface area (Å²) in [5.74, 6) is -0.715. The van der Waals surface area contributed by atoms with E-state index in [9.17, 15) is 18.0 Å². The predicted molar refractivity (Wildman–Crippen MR) is 140 cm³/mol. The van der Waals surface area contributed by atoms with E-state index >= 15 is 0 Å². The molecule has 190 valence electrons. The summed E-state index contributed by atoms with van der Waals surface area (Å²) in [6.07, 6.45) is 5.08. The third-order valence-electron chi connectivity index (χ3n) is 6.28. The number of hydrogen-bond donors (Lipinski definition) is 1. The SMILES string of the molecule is Cc1cc(C)cc(N(CC(=O)N(Cc2cccc(Cl)c2)C(C)C(=O)NC2CCCC2)S(C)(=O)=O)c1. The predicted octanol–water partition coefficient (Wildman–Crippen LogP) is 4.20. The number of rotatable bonds is 9. The van der Waals surface area contributed by atoms with Crippen LogP contribution in [0.2, 0.25) is 5.02 Å². The summed E-state index contributed by atoms with van der Waals surface area (Å²) in [7, 11) is -3.76. The normalized spacial score (nSPS) is 15.0. The minimum Gasteiger partial charge on any atom is -0.352 e. The quantitative estimate of drug-likeness (QED) is 0.538. The van der Waals surface area contributed by atoms with Gasteiger partial charge in [0.05, 0.1) is 11.9 Å². The second-order valence-corrected chi connectivity index (χ2v) is 11.8. The molecule has 7 nitrogen and oxygen atoms in total. The van der Waals surface area contributed by atoms with Crippen molar-refractivity contribution in [3.63, 3.8) is 0 Å². The van der Waals surface area contributed by atoms with Crippen molar-refractivity contribution in [3.05, 3.63) is 64.2 Å². The Labute approximate surface area is 213 Å². The van der Waals surface area contributed by atoms with Gasteiger partial charge in [0, 0.05) is 17.6 Å². The van der Waals surface area contributed by atoms with Crippen LogP contribution in [-0.4, -0.2) is 50.0 Å². The second kappa shape index (κ2) is 11.4. The van der Waals surface area contributed by atoms with Gasteiger partial charge in [-0.25, -0.2) is 8.42 Å². The Kier molecular flexibility index (Phi) is 8.83. The van der Waals surface area contributed by atoms with Crippen LogP contribution >= 0.6 is 11.6 Å². The Bertz CT molecular complexity index is 1160. The molecule has 0 radical (unpaired) electrons. The number of amides is 2. The summed E-state index contributed by atoms with van der Waals surface area (Å²) in [5, 5.41) is 3.57. The van der Waals surface area contributed by atoms with Gasteiger partial charge >= 0.3 is 0 Å². The van der Waals surface area contributed by atoms with Gasteiger partial charge in [-0.2, -0.15) is 0 Å². The first-order valence-corrected chi connectivity index (χ1v) is 14.1. The van der Waals surface area contributed by atoms with Crippen LogP contribution in [0.4, 0.5) is 5.69 Å². The molecule has 0 spiro atoms. The van der Waals surface area contributed by atoms with Gasteiger partial charge in [-0.3, -0.25) is 13.9 Å². The maximum Gasteiger partial charge on any atom is 0.244 e. The first kappa shape index (κ1) is 27.0. The average Bonchev–Trinajstić information content (AvgIpc) is 3.26. The van der Waals surface area contributed by atoms with E-state index in [-0.39, 0.29) is 18.5 Å². The largest absolute Gasteiger partial charge is 0.352 e. The zero-order chi connectivity index (χ0) is 25.8. The lowest BCUT2D eigenvalue weighted by molar-refractivity contribution is -0.139. The highest BCUT2D eigenvalue weighted by Crippen LogP contribution is 2.23. The summed E-state index contributed by atoms with van der Waals surface area (Å²) in [5.41, 5.74) is 2.95. The molecule has 0 heterocycles. The molecule has 0 aromatic heterocycles. The zero-order valence-corrected chi connectivity index (χ0v) is 22.3. The molecule has 0 saturated heterocycles. The Morgan fingerprint density at radius 3 is 2.29 bits per heavy atom. The Morgan fingerprint density at radius 2 is 1.71 bits per heavy atom. The minimum atomic E-state index is -3.76. The third kappa shape index (κ3) is 7.45. The summed E-state index contributed by atoms with van der Waals surface area (Å²) in [4.78, 5) is 28.1. The van der Waals surface area contributed by atoms with Crippen LogP contribution < -0.4 is 9.62 Å². The third-order valence-corrected chi connectivity index (χ3v) is 7.66. The summed E-state index contributed by atoms with van der Waals surface area (Å²) < 4.78 is 26.5. The van der Waals surface area contributed by atoms with Gasteiger partial charge in [-0.05, 0) is 74.6 Å². The molecule has 3 rings (SSSR count). The van der Waals surface area contributed by atoms with Gasteiger partial charge in [-0.15, -0.1) is 0 Å². The van der Waals surface area contributed by atoms with Crippen molar-refractivity contribution < 1.29 is 18.0 Å². The van der Waals surface area contributed by atoms with Crippen LogP contribution in [0.1, 0.15) is 49.3 Å². The molecule has 35 heavy (non-hydrogen) atoms. The number of halogens is 1. The maximum absolute atomic E-state index is 13.6. The molecular weight excluding hydrogens is 486 g/mol. The van der Waals surface area contributed by atoms with Crippen molar-refractivity contribution in [2.75, 3.05) is 17.1 Å². The second-order valence-electron chi connectivity index (χ2n) is 9.43. The molecule has 1 aliphatic carbocycles. The number of anilines is 1. The van der Waals surface area contributed by atoms with E-state index in [1.165, 1.54) is 4.90 Å². The summed E-state index contributed by atoms with van der Waals surface area (Å²) in [6.45, 7) is 5.14. The number of carbonyl (C=O) groups excluding carboxylic acids is 2. The number of nitrogens with zero attached hydrogens (tertiary/aromatic N) is 2. The number of sulfonamides is 1. The lowest BCUT2D eigenvalue weighted by Gasteiger charge is -2.32. The van der Waals surface area contributed by atoms with Gasteiger partial charge in [0.2, 0.25) is 21.8 Å². The van der Waals surface area contributed by atoms with E-state index < -0.39 is 28.5 Å². The van der Waals surface area contributed by atoms with Crippen LogP contribution in [-0.2, 0) is 26.2 Å². The fraction of sp³-hybridized carbons (Fsp3) is 0.462. The Hall–Kier alpha value is -2.58. The highest BCUT2D eigenvalue weighted by Gasteiger charge is 2.31. The molecule has 1 aliphatic rings. The molecule has 1 atom stereocenters. The first-order valence-electron chi connectivity index (χ1n) is 11.8. The van der Waals surface area contributed by atoms with E-state index in [0.717, 1.165) is 52.9 Å². The maximum atomic E-state index is 13.6. The smallest absolute Gasteiger partial charge is 0.244 e. The Morgan fingerprint density at radius 1 is 1.09 bits per heavy atom. The van der Waals surface area contributed by atoms with Crippen molar-refractivity contribution in [1.29, 1.82) is 0 Å². The van der Waals surface area contributed by atoms with Crippen molar-refractivity contribution in [1.82, 2.24) is 10.2 Å². The van der Waals surface area contributed by atoms with E-state index in [4.69, 9.17) is 11.6 Å². The molecule has 1 saturated carbocycles. The number of aryl methyl sites for hydroxylation is 2. The molecule has 1 N–H and O–H groups in total. The lowest BCUT2D eigenvalue weighted by Crippen LogP contribution is -2.52. The van der Waals surface area contributed by atoms with Crippen LogP contribution in [0.25, 0.3) is 0 Å². The molecule has 0 bridgehead atoms. The summed E-state index contributed by atoms with van der Waals surface area (Å²) in [6, 6.07) is 11.8. The number of carbonyl (C=O) groups is 2. The number of benzene rings is 2. The van der Waals surface area contributed by atoms with Gasteiger partial charge in [0.15, 0.2) is 0 Å². The molecule has 2 aromatic rings. The molecular formula is C26H34ClN3O4S. The van der Waals surface area contributed by atoms with Gasteiger partial charge < -0.3 is 10.2 Å². The Balaban J connectivity index is 1.90. The molecule has 1 fully saturated rings. The topological polar surface area (TPSA) is 86.8 Å². The monoisotopic (exact) mass is 519 g/mol. The van der Waals surface area contributed by atoms with Crippen molar-refractivity contribution in [3.8, 4) is 0 Å². The number of hydrogen-bond acceptors (Lipinski definition) is 4. The van der Waals surface area contributed by atoms with Crippen molar-refractivity contribution in [2.24, 2.45) is 0 Å². The van der Waals surface area contributed by atoms with Crippen LogP contribution in [0.5, 0.6) is 0 Å². The van der Waals surface area contributed by atoms with Crippen LogP contribution in [0, 0.1) is 13.8 Å². The number of nitrogens with one attached hydrogen (secondary N) is 1. The van der Waals surface area contributed by atoms with Crippen LogP contribution in [0.3, 0.4) is 0 Å². The van der Waals surface area contributed by atoms with Gasteiger partial charge in [0.1, 0.15) is 12.6 Å². The highest BCUT2D eigenvalue weighted by atomic mass is 35.5. The molecule has 2 aromatic carbocycles.